The minimum absolute atomic E-state index is 0.265. The Morgan fingerprint density at radius 2 is 1.29 bits per heavy atom. The van der Waals surface area contributed by atoms with E-state index in [1.165, 1.54) is 11.1 Å². The van der Waals surface area contributed by atoms with Crippen molar-refractivity contribution in [2.45, 2.75) is 41.0 Å². The molecule has 0 radical (unpaired) electrons. The Balaban J connectivity index is 1.91. The van der Waals surface area contributed by atoms with Crippen LogP contribution in [0, 0.1) is 27.7 Å². The van der Waals surface area contributed by atoms with E-state index in [1.807, 2.05) is 19.1 Å². The van der Waals surface area contributed by atoms with Crippen molar-refractivity contribution in [3.63, 3.8) is 0 Å². The third kappa shape index (κ3) is 4.25. The molecule has 0 saturated heterocycles. The number of nitrogen functional groups attached to an aromatic ring is 1. The van der Waals surface area contributed by atoms with E-state index in [1.54, 1.807) is 12.1 Å². The first-order chi connectivity index (χ1) is 13.2. The highest BCUT2D eigenvalue weighted by Crippen LogP contribution is 2.28. The number of hydrogen-bond acceptors (Lipinski definition) is 3. The first-order valence-electron chi connectivity index (χ1n) is 9.55. The number of hydrogen-bond donors (Lipinski definition) is 2. The molecule has 0 aliphatic heterocycles. The Hall–Kier alpha value is -3.07. The summed E-state index contributed by atoms with van der Waals surface area (Å²) in [5.74, 6) is 0.265. The number of anilines is 1. The van der Waals surface area contributed by atoms with Gasteiger partial charge in [0.1, 0.15) is 5.75 Å². The fourth-order valence-electron chi connectivity index (χ4n) is 3.66. The van der Waals surface area contributed by atoms with Crippen molar-refractivity contribution in [2.75, 3.05) is 5.73 Å². The van der Waals surface area contributed by atoms with Gasteiger partial charge in [0.15, 0.2) is 0 Å². The minimum atomic E-state index is 0.265. The van der Waals surface area contributed by atoms with Gasteiger partial charge in [0.05, 0.1) is 5.69 Å². The standard InChI is InChI=1S/C25H28N2O/c1-15-10-20(11-16(2)24(15)26)14-21-12-17(3)25(18(4)13-21)27-19(5)22-6-8-23(28)9-7-22/h6-13,28H,14,26H2,1-5H3/b27-19+. The summed E-state index contributed by atoms with van der Waals surface area (Å²) in [7, 11) is 0. The number of phenols is 1. The summed E-state index contributed by atoms with van der Waals surface area (Å²) < 4.78 is 0. The molecule has 0 unspecified atom stereocenters. The van der Waals surface area contributed by atoms with Crippen molar-refractivity contribution in [2.24, 2.45) is 4.99 Å². The summed E-state index contributed by atoms with van der Waals surface area (Å²) in [6.07, 6.45) is 0.880. The van der Waals surface area contributed by atoms with Crippen LogP contribution in [0.5, 0.6) is 5.75 Å². The molecule has 3 heteroatoms. The predicted molar refractivity (Wildman–Crippen MR) is 119 cm³/mol. The van der Waals surface area contributed by atoms with Gasteiger partial charge in [0, 0.05) is 11.4 Å². The fraction of sp³-hybridized carbons (Fsp3) is 0.240. The van der Waals surface area contributed by atoms with Crippen LogP contribution in [0.2, 0.25) is 0 Å². The van der Waals surface area contributed by atoms with Crippen molar-refractivity contribution < 1.29 is 5.11 Å². The average molecular weight is 373 g/mol. The lowest BCUT2D eigenvalue weighted by Gasteiger charge is -2.13. The summed E-state index contributed by atoms with van der Waals surface area (Å²) in [4.78, 5) is 4.86. The first kappa shape index (κ1) is 19.7. The van der Waals surface area contributed by atoms with Crippen LogP contribution in [0.15, 0.2) is 53.5 Å². The predicted octanol–water partition coefficient (Wildman–Crippen LogP) is 5.94. The molecule has 0 fully saturated rings. The zero-order valence-electron chi connectivity index (χ0n) is 17.3. The lowest BCUT2D eigenvalue weighted by molar-refractivity contribution is 0.475. The van der Waals surface area contributed by atoms with Crippen molar-refractivity contribution in [3.8, 4) is 5.75 Å². The molecule has 28 heavy (non-hydrogen) atoms. The lowest BCUT2D eigenvalue weighted by atomic mass is 9.96. The van der Waals surface area contributed by atoms with E-state index in [-0.39, 0.29) is 5.75 Å². The quantitative estimate of drug-likeness (QED) is 0.440. The Labute approximate surface area is 167 Å². The number of aryl methyl sites for hydroxylation is 4. The van der Waals surface area contributed by atoms with Crippen LogP contribution in [-0.4, -0.2) is 10.8 Å². The second-order valence-electron chi connectivity index (χ2n) is 7.64. The molecule has 0 aliphatic rings. The van der Waals surface area contributed by atoms with E-state index >= 15 is 0 Å². The number of aromatic hydroxyl groups is 1. The lowest BCUT2D eigenvalue weighted by Crippen LogP contribution is -1.98. The van der Waals surface area contributed by atoms with Gasteiger partial charge in [-0.15, -0.1) is 0 Å². The highest BCUT2D eigenvalue weighted by Gasteiger charge is 2.08. The third-order valence-corrected chi connectivity index (χ3v) is 5.18. The van der Waals surface area contributed by atoms with Crippen LogP contribution < -0.4 is 5.73 Å². The molecular weight excluding hydrogens is 344 g/mol. The molecule has 0 bridgehead atoms. The molecule has 0 amide bonds. The van der Waals surface area contributed by atoms with Gasteiger partial charge in [0.2, 0.25) is 0 Å². The highest BCUT2D eigenvalue weighted by molar-refractivity contribution is 6.00. The number of nitrogens with two attached hydrogens (primary N) is 1. The zero-order valence-corrected chi connectivity index (χ0v) is 17.3. The molecule has 0 atom stereocenters. The van der Waals surface area contributed by atoms with Gasteiger partial charge >= 0.3 is 0 Å². The summed E-state index contributed by atoms with van der Waals surface area (Å²) in [6.45, 7) is 10.3. The number of benzene rings is 3. The molecular formula is C25H28N2O. The van der Waals surface area contributed by atoms with E-state index in [9.17, 15) is 5.11 Å². The van der Waals surface area contributed by atoms with E-state index in [0.717, 1.165) is 51.3 Å². The van der Waals surface area contributed by atoms with Crippen LogP contribution in [0.4, 0.5) is 11.4 Å². The van der Waals surface area contributed by atoms with Gasteiger partial charge in [-0.3, -0.25) is 4.99 Å². The minimum Gasteiger partial charge on any atom is -0.508 e. The molecule has 0 spiro atoms. The van der Waals surface area contributed by atoms with Gasteiger partial charge in [-0.2, -0.15) is 0 Å². The smallest absolute Gasteiger partial charge is 0.115 e. The van der Waals surface area contributed by atoms with E-state index < -0.39 is 0 Å². The van der Waals surface area contributed by atoms with Crippen LogP contribution in [0.3, 0.4) is 0 Å². The first-order valence-corrected chi connectivity index (χ1v) is 9.55. The van der Waals surface area contributed by atoms with Gasteiger partial charge in [-0.1, -0.05) is 24.3 Å². The molecule has 0 aromatic heterocycles. The van der Waals surface area contributed by atoms with Crippen LogP contribution in [-0.2, 0) is 6.42 Å². The van der Waals surface area contributed by atoms with Crippen molar-refractivity contribution in [3.05, 3.63) is 87.5 Å². The molecule has 3 aromatic carbocycles. The molecule has 0 saturated carbocycles. The topological polar surface area (TPSA) is 58.6 Å². The van der Waals surface area contributed by atoms with E-state index in [2.05, 4.69) is 52.0 Å². The second-order valence-corrected chi connectivity index (χ2v) is 7.64. The molecule has 3 N–H and O–H groups in total. The molecule has 3 rings (SSSR count). The van der Waals surface area contributed by atoms with Crippen LogP contribution in [0.25, 0.3) is 0 Å². The average Bonchev–Trinajstić information content (AvgIpc) is 2.63. The maximum atomic E-state index is 9.47. The highest BCUT2D eigenvalue weighted by atomic mass is 16.3. The van der Waals surface area contributed by atoms with Gasteiger partial charge < -0.3 is 10.8 Å². The number of aliphatic imine (C=N–C) groups is 1. The Bertz CT molecular complexity index is 1000. The van der Waals surface area contributed by atoms with Gasteiger partial charge in [-0.05, 0) is 104 Å². The van der Waals surface area contributed by atoms with Gasteiger partial charge in [0.25, 0.3) is 0 Å². The van der Waals surface area contributed by atoms with Crippen molar-refractivity contribution in [1.29, 1.82) is 0 Å². The maximum Gasteiger partial charge on any atom is 0.115 e. The number of phenolic OH excluding ortho intramolecular Hbond substituents is 1. The molecule has 3 nitrogen and oxygen atoms in total. The SMILES string of the molecule is C/C(=N\c1c(C)cc(Cc2cc(C)c(N)c(C)c2)cc1C)c1ccc(O)cc1. The van der Waals surface area contributed by atoms with Crippen molar-refractivity contribution in [1.82, 2.24) is 0 Å². The Kier molecular flexibility index (Phi) is 5.55. The van der Waals surface area contributed by atoms with Crippen molar-refractivity contribution >= 4 is 17.1 Å². The largest absolute Gasteiger partial charge is 0.508 e. The molecule has 0 aliphatic carbocycles. The van der Waals surface area contributed by atoms with E-state index in [4.69, 9.17) is 10.7 Å². The van der Waals surface area contributed by atoms with Gasteiger partial charge in [-0.25, -0.2) is 0 Å². The molecule has 144 valence electrons. The Morgan fingerprint density at radius 1 is 0.821 bits per heavy atom. The normalized spacial score (nSPS) is 11.7. The van der Waals surface area contributed by atoms with E-state index in [0.29, 0.717) is 0 Å². The summed E-state index contributed by atoms with van der Waals surface area (Å²) in [6, 6.07) is 15.9. The molecule has 0 heterocycles. The Morgan fingerprint density at radius 3 is 1.79 bits per heavy atom. The number of rotatable bonds is 4. The summed E-state index contributed by atoms with van der Waals surface area (Å²) in [5, 5.41) is 9.47. The zero-order chi connectivity index (χ0) is 20.4. The number of nitrogens with zero attached hydrogens (tertiary/aromatic N) is 1. The monoisotopic (exact) mass is 372 g/mol. The second kappa shape index (κ2) is 7.89. The fourth-order valence-corrected chi connectivity index (χ4v) is 3.66. The van der Waals surface area contributed by atoms with Crippen LogP contribution in [0.1, 0.15) is 45.9 Å². The third-order valence-electron chi connectivity index (χ3n) is 5.18. The maximum absolute atomic E-state index is 9.47. The molecule has 3 aromatic rings. The summed E-state index contributed by atoms with van der Waals surface area (Å²) >= 11 is 0. The van der Waals surface area contributed by atoms with Crippen LogP contribution >= 0.6 is 0 Å². The summed E-state index contributed by atoms with van der Waals surface area (Å²) in [5.41, 5.74) is 17.1.